The average Bonchev–Trinajstić information content (AvgIpc) is 3.08. The monoisotopic (exact) mass is 374 g/mol. The minimum atomic E-state index is -0.814. The van der Waals surface area contributed by atoms with E-state index < -0.39 is 24.0 Å². The Bertz CT molecular complexity index is 1090. The molecule has 0 saturated heterocycles. The number of rotatable bonds is 5. The Kier molecular flexibility index (Phi) is 4.36. The fourth-order valence-corrected chi connectivity index (χ4v) is 3.58. The van der Waals surface area contributed by atoms with E-state index in [2.05, 4.69) is 9.97 Å². The Balaban J connectivity index is 2.45. The summed E-state index contributed by atoms with van der Waals surface area (Å²) >= 11 is 1.46. The van der Waals surface area contributed by atoms with Crippen molar-refractivity contribution in [2.75, 3.05) is 0 Å². The number of aromatic nitrogens is 4. The molecule has 0 bridgehead atoms. The highest BCUT2D eigenvalue weighted by Crippen LogP contribution is 2.28. The van der Waals surface area contributed by atoms with Gasteiger partial charge in [0.1, 0.15) is 12.1 Å². The van der Waals surface area contributed by atoms with E-state index in [9.17, 15) is 14.4 Å². The van der Waals surface area contributed by atoms with Crippen molar-refractivity contribution in [2.24, 2.45) is 11.5 Å². The predicted molar refractivity (Wildman–Crippen MR) is 97.9 cm³/mol. The highest BCUT2D eigenvalue weighted by Gasteiger charge is 2.25. The minimum Gasteiger partial charge on any atom is -0.368 e. The largest absolute Gasteiger partial charge is 0.368 e. The Morgan fingerprint density at radius 3 is 2.42 bits per heavy atom. The SMILES string of the molecule is Cc1ccc(-c2nc(C(N)=O)c3c(n2)n(C(C)C)c(=O)n3CC(N)=O)s1. The van der Waals surface area contributed by atoms with Gasteiger partial charge in [-0.15, -0.1) is 11.3 Å². The van der Waals surface area contributed by atoms with Crippen LogP contribution in [0.3, 0.4) is 0 Å². The summed E-state index contributed by atoms with van der Waals surface area (Å²) in [6.07, 6.45) is 0. The molecule has 0 radical (unpaired) electrons. The number of amides is 2. The number of nitrogens with zero attached hydrogens (tertiary/aromatic N) is 4. The quantitative estimate of drug-likeness (QED) is 0.680. The van der Waals surface area contributed by atoms with E-state index >= 15 is 0 Å². The van der Waals surface area contributed by atoms with E-state index in [0.29, 0.717) is 5.82 Å². The van der Waals surface area contributed by atoms with E-state index in [4.69, 9.17) is 11.5 Å². The maximum absolute atomic E-state index is 12.8. The van der Waals surface area contributed by atoms with Crippen LogP contribution in [0.15, 0.2) is 16.9 Å². The van der Waals surface area contributed by atoms with E-state index in [1.165, 1.54) is 15.9 Å². The van der Waals surface area contributed by atoms with Crippen LogP contribution in [0.5, 0.6) is 0 Å². The topological polar surface area (TPSA) is 139 Å². The summed E-state index contributed by atoms with van der Waals surface area (Å²) in [5.74, 6) is -1.23. The zero-order chi connectivity index (χ0) is 19.2. The molecular formula is C16H18N6O3S. The second-order valence-corrected chi connectivity index (χ2v) is 7.43. The second-order valence-electron chi connectivity index (χ2n) is 6.14. The summed E-state index contributed by atoms with van der Waals surface area (Å²) < 4.78 is 2.50. The van der Waals surface area contributed by atoms with Gasteiger partial charge in [0.25, 0.3) is 5.91 Å². The molecule has 0 aliphatic carbocycles. The third-order valence-electron chi connectivity index (χ3n) is 3.83. The van der Waals surface area contributed by atoms with Gasteiger partial charge >= 0.3 is 5.69 Å². The van der Waals surface area contributed by atoms with Crippen LogP contribution in [0.2, 0.25) is 0 Å². The average molecular weight is 374 g/mol. The van der Waals surface area contributed by atoms with Crippen molar-refractivity contribution in [2.45, 2.75) is 33.4 Å². The van der Waals surface area contributed by atoms with E-state index in [1.54, 1.807) is 13.8 Å². The molecule has 4 N–H and O–H groups in total. The summed E-state index contributed by atoms with van der Waals surface area (Å²) in [6.45, 7) is 5.15. The lowest BCUT2D eigenvalue weighted by molar-refractivity contribution is -0.118. The first-order valence-electron chi connectivity index (χ1n) is 7.88. The lowest BCUT2D eigenvalue weighted by Gasteiger charge is -2.07. The van der Waals surface area contributed by atoms with Crippen molar-refractivity contribution in [3.8, 4) is 10.7 Å². The second kappa shape index (κ2) is 6.37. The number of nitrogens with two attached hydrogens (primary N) is 2. The van der Waals surface area contributed by atoms with Gasteiger partial charge in [-0.2, -0.15) is 0 Å². The summed E-state index contributed by atoms with van der Waals surface area (Å²) in [6, 6.07) is 3.49. The summed E-state index contributed by atoms with van der Waals surface area (Å²) in [5.41, 5.74) is 10.5. The van der Waals surface area contributed by atoms with E-state index in [1.807, 2.05) is 19.1 Å². The Morgan fingerprint density at radius 2 is 1.92 bits per heavy atom. The van der Waals surface area contributed by atoms with Crippen LogP contribution < -0.4 is 17.2 Å². The van der Waals surface area contributed by atoms with Crippen LogP contribution in [0.1, 0.15) is 35.3 Å². The number of hydrogen-bond acceptors (Lipinski definition) is 6. The highest BCUT2D eigenvalue weighted by atomic mass is 32.1. The van der Waals surface area contributed by atoms with Crippen LogP contribution in [0, 0.1) is 6.92 Å². The lowest BCUT2D eigenvalue weighted by atomic mass is 10.3. The summed E-state index contributed by atoms with van der Waals surface area (Å²) in [7, 11) is 0. The van der Waals surface area contributed by atoms with Gasteiger partial charge < -0.3 is 11.5 Å². The first-order valence-corrected chi connectivity index (χ1v) is 8.70. The molecule has 3 rings (SSSR count). The van der Waals surface area contributed by atoms with Crippen LogP contribution in [-0.4, -0.2) is 30.9 Å². The number of carbonyl (C=O) groups is 2. The van der Waals surface area contributed by atoms with Crippen LogP contribution in [0.25, 0.3) is 21.9 Å². The molecule has 3 aromatic rings. The number of carbonyl (C=O) groups excluding carboxylic acids is 2. The molecule has 136 valence electrons. The zero-order valence-corrected chi connectivity index (χ0v) is 15.3. The van der Waals surface area contributed by atoms with Crippen LogP contribution in [0.4, 0.5) is 0 Å². The molecule has 0 atom stereocenters. The van der Waals surface area contributed by atoms with Crippen molar-refractivity contribution in [3.63, 3.8) is 0 Å². The summed E-state index contributed by atoms with van der Waals surface area (Å²) in [4.78, 5) is 46.8. The molecule has 0 aliphatic rings. The first-order chi connectivity index (χ1) is 12.2. The van der Waals surface area contributed by atoms with Gasteiger partial charge in [-0.25, -0.2) is 14.8 Å². The third-order valence-corrected chi connectivity index (χ3v) is 4.82. The number of thiophene rings is 1. The Hall–Kier alpha value is -3.01. The fraction of sp³-hybridized carbons (Fsp3) is 0.312. The molecule has 0 saturated carbocycles. The van der Waals surface area contributed by atoms with E-state index in [0.717, 1.165) is 14.3 Å². The highest BCUT2D eigenvalue weighted by molar-refractivity contribution is 7.15. The minimum absolute atomic E-state index is 0.117. The molecule has 9 nitrogen and oxygen atoms in total. The molecule has 0 unspecified atom stereocenters. The number of imidazole rings is 1. The lowest BCUT2D eigenvalue weighted by Crippen LogP contribution is -2.30. The predicted octanol–water partition coefficient (Wildman–Crippen LogP) is 0.795. The molecule has 3 aromatic heterocycles. The molecule has 0 aliphatic heterocycles. The smallest absolute Gasteiger partial charge is 0.331 e. The summed E-state index contributed by atoms with van der Waals surface area (Å²) in [5, 5.41) is 0. The molecule has 3 heterocycles. The Labute approximate surface area is 152 Å². The van der Waals surface area contributed by atoms with Crippen molar-refractivity contribution in [1.29, 1.82) is 0 Å². The van der Waals surface area contributed by atoms with Gasteiger partial charge in [0.2, 0.25) is 5.91 Å². The van der Waals surface area contributed by atoms with Gasteiger partial charge in [-0.3, -0.25) is 18.7 Å². The number of hydrogen-bond donors (Lipinski definition) is 2. The van der Waals surface area contributed by atoms with Crippen molar-refractivity contribution in [3.05, 3.63) is 33.2 Å². The van der Waals surface area contributed by atoms with Gasteiger partial charge in [-0.1, -0.05) is 0 Å². The molecule has 0 spiro atoms. The maximum Gasteiger partial charge on any atom is 0.331 e. The maximum atomic E-state index is 12.8. The van der Waals surface area contributed by atoms with E-state index in [-0.39, 0.29) is 22.9 Å². The number of primary amides is 2. The zero-order valence-electron chi connectivity index (χ0n) is 14.5. The van der Waals surface area contributed by atoms with Gasteiger partial charge in [0.15, 0.2) is 17.2 Å². The van der Waals surface area contributed by atoms with Gasteiger partial charge in [0, 0.05) is 10.9 Å². The normalized spacial score (nSPS) is 11.4. The van der Waals surface area contributed by atoms with Gasteiger partial charge in [-0.05, 0) is 32.9 Å². The number of fused-ring (bicyclic) bond motifs is 1. The fourth-order valence-electron chi connectivity index (χ4n) is 2.78. The van der Waals surface area contributed by atoms with Crippen molar-refractivity contribution in [1.82, 2.24) is 19.1 Å². The van der Waals surface area contributed by atoms with Gasteiger partial charge in [0.05, 0.1) is 4.88 Å². The molecule has 10 heteroatoms. The van der Waals surface area contributed by atoms with Crippen LogP contribution in [-0.2, 0) is 11.3 Å². The standard InChI is InChI=1S/C16H18N6O3S/c1-7(2)22-15-12(21(16(22)25)6-10(17)23)11(13(18)24)19-14(20-15)9-5-4-8(3)26-9/h4-5,7H,6H2,1-3H3,(H2,17,23)(H2,18,24). The molecule has 0 fully saturated rings. The Morgan fingerprint density at radius 1 is 1.23 bits per heavy atom. The third kappa shape index (κ3) is 2.88. The van der Waals surface area contributed by atoms with Crippen LogP contribution >= 0.6 is 11.3 Å². The molecule has 0 aromatic carbocycles. The number of aryl methyl sites for hydroxylation is 1. The molecule has 2 amide bonds. The van der Waals surface area contributed by atoms with Crippen molar-refractivity contribution < 1.29 is 9.59 Å². The molecular weight excluding hydrogens is 356 g/mol. The first kappa shape index (κ1) is 17.8. The van der Waals surface area contributed by atoms with Crippen molar-refractivity contribution >= 4 is 34.3 Å². The molecule has 26 heavy (non-hydrogen) atoms.